The second kappa shape index (κ2) is 10.8. The Bertz CT molecular complexity index is 1470. The summed E-state index contributed by atoms with van der Waals surface area (Å²) in [6.45, 7) is 6.73. The lowest BCUT2D eigenvalue weighted by Gasteiger charge is -2.38. The van der Waals surface area contributed by atoms with Gasteiger partial charge in [0, 0.05) is 55.3 Å². The van der Waals surface area contributed by atoms with Crippen LogP contribution in [0.3, 0.4) is 0 Å². The highest BCUT2D eigenvalue weighted by Crippen LogP contribution is 2.45. The first kappa shape index (κ1) is 28.1. The van der Waals surface area contributed by atoms with Gasteiger partial charge in [-0.25, -0.2) is 4.98 Å². The van der Waals surface area contributed by atoms with Crippen molar-refractivity contribution in [2.75, 3.05) is 26.3 Å². The SMILES string of the molecule is CC(C)(CC(O)(Cc1cc2nc(CN3CCOCC3)ccc2[nH]1)C(F)(F)F)c1cc(-c2cccnc2)ccc1O. The van der Waals surface area contributed by atoms with E-state index in [0.29, 0.717) is 41.9 Å². The first-order valence-corrected chi connectivity index (χ1v) is 13.2. The molecule has 0 bridgehead atoms. The number of aromatic amines is 1. The third-order valence-electron chi connectivity index (χ3n) is 7.54. The number of aromatic nitrogens is 3. The lowest BCUT2D eigenvalue weighted by atomic mass is 9.72. The third kappa shape index (κ3) is 5.99. The van der Waals surface area contributed by atoms with Crippen molar-refractivity contribution in [2.24, 2.45) is 0 Å². The number of morpholine rings is 1. The molecule has 3 aromatic heterocycles. The first-order chi connectivity index (χ1) is 18.9. The number of rotatable bonds is 8. The Morgan fingerprint density at radius 1 is 1.02 bits per heavy atom. The van der Waals surface area contributed by atoms with Crippen molar-refractivity contribution in [1.82, 2.24) is 19.9 Å². The van der Waals surface area contributed by atoms with Crippen LogP contribution in [-0.4, -0.2) is 68.1 Å². The Balaban J connectivity index is 1.41. The number of phenolic OH excluding ortho intramolecular Hbond substituents is 1. The van der Waals surface area contributed by atoms with Gasteiger partial charge in [-0.1, -0.05) is 26.0 Å². The second-order valence-corrected chi connectivity index (χ2v) is 11.2. The lowest BCUT2D eigenvalue weighted by molar-refractivity contribution is -0.266. The molecule has 1 aliphatic heterocycles. The van der Waals surface area contributed by atoms with E-state index in [0.717, 1.165) is 24.3 Å². The predicted molar refractivity (Wildman–Crippen MR) is 146 cm³/mol. The van der Waals surface area contributed by atoms with Crippen LogP contribution in [0, 0.1) is 0 Å². The fourth-order valence-corrected chi connectivity index (χ4v) is 5.47. The zero-order valence-electron chi connectivity index (χ0n) is 22.5. The summed E-state index contributed by atoms with van der Waals surface area (Å²) in [6, 6.07) is 13.6. The van der Waals surface area contributed by atoms with Crippen LogP contribution < -0.4 is 0 Å². The van der Waals surface area contributed by atoms with Gasteiger partial charge in [-0.15, -0.1) is 0 Å². The quantitative estimate of drug-likeness (QED) is 0.271. The molecule has 10 heteroatoms. The number of alkyl halides is 3. The summed E-state index contributed by atoms with van der Waals surface area (Å²) in [4.78, 5) is 14.0. The van der Waals surface area contributed by atoms with E-state index >= 15 is 0 Å². The number of benzene rings is 1. The maximum Gasteiger partial charge on any atom is 0.417 e. The Morgan fingerprint density at radius 2 is 1.80 bits per heavy atom. The van der Waals surface area contributed by atoms with Crippen LogP contribution in [0.4, 0.5) is 13.2 Å². The third-order valence-corrected chi connectivity index (χ3v) is 7.54. The van der Waals surface area contributed by atoms with Gasteiger partial charge < -0.3 is 19.9 Å². The van der Waals surface area contributed by atoms with Crippen molar-refractivity contribution in [3.8, 4) is 16.9 Å². The molecule has 0 aliphatic carbocycles. The smallest absolute Gasteiger partial charge is 0.417 e. The topological polar surface area (TPSA) is 94.5 Å². The lowest BCUT2D eigenvalue weighted by Crippen LogP contribution is -2.50. The molecule has 0 radical (unpaired) electrons. The van der Waals surface area contributed by atoms with Crippen LogP contribution in [0.25, 0.3) is 22.2 Å². The van der Waals surface area contributed by atoms with Crippen LogP contribution in [0.15, 0.2) is 60.9 Å². The molecule has 40 heavy (non-hydrogen) atoms. The summed E-state index contributed by atoms with van der Waals surface area (Å²) >= 11 is 0. The van der Waals surface area contributed by atoms with Crippen molar-refractivity contribution >= 4 is 11.0 Å². The van der Waals surface area contributed by atoms with Crippen LogP contribution in [0.1, 0.15) is 37.2 Å². The van der Waals surface area contributed by atoms with Gasteiger partial charge in [0.25, 0.3) is 0 Å². The summed E-state index contributed by atoms with van der Waals surface area (Å²) in [5, 5.41) is 21.8. The van der Waals surface area contributed by atoms with Gasteiger partial charge in [-0.3, -0.25) is 9.88 Å². The molecule has 0 spiro atoms. The molecule has 5 rings (SSSR count). The second-order valence-electron chi connectivity index (χ2n) is 11.2. The average Bonchev–Trinajstić information content (AvgIpc) is 3.30. The average molecular weight is 555 g/mol. The Hall–Kier alpha value is -3.47. The van der Waals surface area contributed by atoms with Gasteiger partial charge in [0.15, 0.2) is 5.60 Å². The molecule has 1 atom stereocenters. The minimum Gasteiger partial charge on any atom is -0.508 e. The van der Waals surface area contributed by atoms with Crippen LogP contribution in [0.5, 0.6) is 5.75 Å². The van der Waals surface area contributed by atoms with Gasteiger partial charge in [0.2, 0.25) is 0 Å². The number of phenols is 1. The predicted octanol–water partition coefficient (Wildman–Crippen LogP) is 5.37. The Morgan fingerprint density at radius 3 is 2.50 bits per heavy atom. The number of halogens is 3. The zero-order chi connectivity index (χ0) is 28.5. The fraction of sp³-hybridized carbons (Fsp3) is 0.400. The number of H-pyrrole nitrogens is 1. The largest absolute Gasteiger partial charge is 0.508 e. The van der Waals surface area contributed by atoms with Gasteiger partial charge >= 0.3 is 6.18 Å². The number of fused-ring (bicyclic) bond motifs is 1. The summed E-state index contributed by atoms with van der Waals surface area (Å²) in [5.41, 5.74) is -0.317. The minimum absolute atomic E-state index is 0.134. The van der Waals surface area contributed by atoms with Crippen molar-refractivity contribution in [2.45, 2.75) is 50.4 Å². The molecule has 4 aromatic rings. The van der Waals surface area contributed by atoms with Crippen molar-refractivity contribution in [1.29, 1.82) is 0 Å². The number of hydrogen-bond donors (Lipinski definition) is 3. The highest BCUT2D eigenvalue weighted by Gasteiger charge is 2.56. The summed E-state index contributed by atoms with van der Waals surface area (Å²) in [6.07, 6.45) is -3.00. The molecule has 1 aliphatic rings. The van der Waals surface area contributed by atoms with Crippen LogP contribution >= 0.6 is 0 Å². The van der Waals surface area contributed by atoms with Gasteiger partial charge in [0.1, 0.15) is 5.75 Å². The Labute approximate surface area is 230 Å². The molecule has 3 N–H and O–H groups in total. The number of aliphatic hydroxyl groups is 1. The van der Waals surface area contributed by atoms with E-state index in [9.17, 15) is 23.4 Å². The molecule has 1 saturated heterocycles. The van der Waals surface area contributed by atoms with E-state index < -0.39 is 30.0 Å². The number of ether oxygens (including phenoxy) is 1. The van der Waals surface area contributed by atoms with Crippen LogP contribution in [0.2, 0.25) is 0 Å². The molecule has 212 valence electrons. The van der Waals surface area contributed by atoms with Crippen molar-refractivity contribution < 1.29 is 28.1 Å². The number of hydrogen-bond acceptors (Lipinski definition) is 6. The van der Waals surface area contributed by atoms with Crippen molar-refractivity contribution in [3.63, 3.8) is 0 Å². The van der Waals surface area contributed by atoms with E-state index in [2.05, 4.69) is 19.9 Å². The fourth-order valence-electron chi connectivity index (χ4n) is 5.47. The molecule has 1 unspecified atom stereocenters. The van der Waals surface area contributed by atoms with Gasteiger partial charge in [-0.2, -0.15) is 13.2 Å². The summed E-state index contributed by atoms with van der Waals surface area (Å²) in [7, 11) is 0. The molecule has 4 heterocycles. The maximum atomic E-state index is 14.5. The normalized spacial score (nSPS) is 16.8. The summed E-state index contributed by atoms with van der Waals surface area (Å²) in [5.74, 6) is -0.134. The monoisotopic (exact) mass is 554 g/mol. The summed E-state index contributed by atoms with van der Waals surface area (Å²) < 4.78 is 48.9. The number of nitrogens with zero attached hydrogens (tertiary/aromatic N) is 3. The molecule has 7 nitrogen and oxygen atoms in total. The molecule has 1 fully saturated rings. The van der Waals surface area contributed by atoms with E-state index in [1.54, 1.807) is 56.6 Å². The highest BCUT2D eigenvalue weighted by atomic mass is 19.4. The van der Waals surface area contributed by atoms with Crippen molar-refractivity contribution in [3.05, 3.63) is 77.9 Å². The molecule has 1 aromatic carbocycles. The molecule has 0 amide bonds. The minimum atomic E-state index is -4.92. The van der Waals surface area contributed by atoms with Crippen LogP contribution in [-0.2, 0) is 23.1 Å². The van der Waals surface area contributed by atoms with Gasteiger partial charge in [0.05, 0.1) is 29.9 Å². The highest BCUT2D eigenvalue weighted by molar-refractivity contribution is 5.76. The molecular formula is C30H33F3N4O3. The van der Waals surface area contributed by atoms with E-state index in [-0.39, 0.29) is 11.4 Å². The number of aromatic hydroxyl groups is 1. The number of nitrogens with one attached hydrogen (secondary N) is 1. The van der Waals surface area contributed by atoms with E-state index in [1.165, 1.54) is 6.07 Å². The Kier molecular flexibility index (Phi) is 7.60. The standard InChI is InChI=1S/C30H33F3N4O3/c1-28(2,24-14-20(5-8-27(24)38)21-4-3-9-34-17-21)19-29(39,30(31,32)33)16-23-15-26-25(36-23)7-6-22(35-26)18-37-10-12-40-13-11-37/h3-9,14-15,17,36,38-39H,10-13,16,18-19H2,1-2H3. The molecule has 0 saturated carbocycles. The zero-order valence-corrected chi connectivity index (χ0v) is 22.5. The van der Waals surface area contributed by atoms with E-state index in [4.69, 9.17) is 4.74 Å². The number of pyridine rings is 2. The van der Waals surface area contributed by atoms with E-state index in [1.807, 2.05) is 12.1 Å². The van der Waals surface area contributed by atoms with Gasteiger partial charge in [-0.05, 0) is 53.8 Å². The molecular weight excluding hydrogens is 521 g/mol. The first-order valence-electron chi connectivity index (χ1n) is 13.2. The maximum absolute atomic E-state index is 14.5.